The smallest absolute Gasteiger partial charge is 0.406 e. The van der Waals surface area contributed by atoms with Crippen molar-refractivity contribution in [3.8, 4) is 5.75 Å². The lowest BCUT2D eigenvalue weighted by Crippen LogP contribution is -2.45. The second kappa shape index (κ2) is 7.79. The van der Waals surface area contributed by atoms with Gasteiger partial charge in [0.15, 0.2) is 0 Å². The van der Waals surface area contributed by atoms with Crippen molar-refractivity contribution in [2.45, 2.75) is 17.7 Å². The molecule has 166 valence electrons. The predicted octanol–water partition coefficient (Wildman–Crippen LogP) is 3.40. The van der Waals surface area contributed by atoms with Crippen LogP contribution in [0.4, 0.5) is 23.2 Å². The van der Waals surface area contributed by atoms with E-state index in [-0.39, 0.29) is 29.8 Å². The summed E-state index contributed by atoms with van der Waals surface area (Å²) in [5, 5.41) is 0. The lowest BCUT2D eigenvalue weighted by atomic mass is 9.87. The molecule has 0 N–H and O–H groups in total. The molecule has 2 aromatic rings. The Bertz CT molecular complexity index is 1070. The van der Waals surface area contributed by atoms with Gasteiger partial charge in [-0.25, -0.2) is 12.8 Å². The van der Waals surface area contributed by atoms with Crippen molar-refractivity contribution in [3.05, 3.63) is 54.3 Å². The molecular formula is C20H18F4N2O4S. The minimum absolute atomic E-state index is 0.00498. The van der Waals surface area contributed by atoms with Crippen molar-refractivity contribution in [2.75, 3.05) is 24.5 Å². The molecule has 2 saturated heterocycles. The summed E-state index contributed by atoms with van der Waals surface area (Å²) >= 11 is 0. The zero-order valence-corrected chi connectivity index (χ0v) is 16.9. The summed E-state index contributed by atoms with van der Waals surface area (Å²) in [5.41, 5.74) is 0.415. The fourth-order valence-electron chi connectivity index (χ4n) is 4.05. The minimum Gasteiger partial charge on any atom is -0.406 e. The number of benzene rings is 2. The van der Waals surface area contributed by atoms with Crippen molar-refractivity contribution in [3.63, 3.8) is 0 Å². The van der Waals surface area contributed by atoms with Gasteiger partial charge in [0.1, 0.15) is 11.6 Å². The number of carbonyl (C=O) groups is 1. The summed E-state index contributed by atoms with van der Waals surface area (Å²) < 4.78 is 80.9. The van der Waals surface area contributed by atoms with Crippen LogP contribution in [-0.4, -0.2) is 44.6 Å². The molecule has 2 aliphatic rings. The molecule has 0 saturated carbocycles. The minimum atomic E-state index is -4.81. The van der Waals surface area contributed by atoms with Crippen LogP contribution in [0.1, 0.15) is 6.42 Å². The maximum Gasteiger partial charge on any atom is 0.573 e. The van der Waals surface area contributed by atoms with Gasteiger partial charge in [0.2, 0.25) is 15.9 Å². The molecule has 0 spiro atoms. The number of piperidine rings is 1. The van der Waals surface area contributed by atoms with Crippen LogP contribution >= 0.6 is 0 Å². The zero-order chi connectivity index (χ0) is 22.4. The summed E-state index contributed by atoms with van der Waals surface area (Å²) in [5.74, 6) is -1.94. The third kappa shape index (κ3) is 4.38. The molecule has 6 nitrogen and oxygen atoms in total. The Hall–Kier alpha value is -2.66. The number of alkyl halides is 3. The predicted molar refractivity (Wildman–Crippen MR) is 102 cm³/mol. The Morgan fingerprint density at radius 1 is 0.968 bits per heavy atom. The van der Waals surface area contributed by atoms with Gasteiger partial charge >= 0.3 is 6.36 Å². The van der Waals surface area contributed by atoms with E-state index >= 15 is 0 Å². The van der Waals surface area contributed by atoms with E-state index in [1.165, 1.54) is 33.5 Å². The van der Waals surface area contributed by atoms with E-state index in [4.69, 9.17) is 0 Å². The molecule has 2 aromatic carbocycles. The number of hydrogen-bond acceptors (Lipinski definition) is 4. The lowest BCUT2D eigenvalue weighted by Gasteiger charge is -2.33. The number of ether oxygens (including phenoxy) is 1. The maximum atomic E-state index is 13.1. The lowest BCUT2D eigenvalue weighted by molar-refractivity contribution is -0.274. The van der Waals surface area contributed by atoms with Crippen LogP contribution < -0.4 is 9.64 Å². The number of sulfonamides is 1. The molecule has 0 aliphatic carbocycles. The number of halogens is 4. The monoisotopic (exact) mass is 458 g/mol. The van der Waals surface area contributed by atoms with E-state index in [0.717, 1.165) is 24.3 Å². The van der Waals surface area contributed by atoms with E-state index in [9.17, 15) is 30.8 Å². The van der Waals surface area contributed by atoms with Gasteiger partial charge in [0, 0.05) is 25.3 Å². The molecule has 0 bridgehead atoms. The summed E-state index contributed by atoms with van der Waals surface area (Å²) in [6, 6.07) is 9.48. The number of carbonyl (C=O) groups excluding carboxylic acids is 1. The normalized spacial score (nSPS) is 22.5. The van der Waals surface area contributed by atoms with Crippen LogP contribution in [0, 0.1) is 17.7 Å². The molecule has 2 unspecified atom stereocenters. The number of nitrogens with zero attached hydrogens (tertiary/aromatic N) is 2. The van der Waals surface area contributed by atoms with Crippen molar-refractivity contribution in [1.29, 1.82) is 0 Å². The molecular weight excluding hydrogens is 440 g/mol. The van der Waals surface area contributed by atoms with Gasteiger partial charge in [-0.1, -0.05) is 0 Å². The second-order valence-corrected chi connectivity index (χ2v) is 9.40. The molecule has 2 heterocycles. The Labute approximate surface area is 176 Å². The van der Waals surface area contributed by atoms with Gasteiger partial charge in [-0.15, -0.1) is 13.2 Å². The SMILES string of the molecule is O=C1C2CN(S(=O)(=O)c3ccc(F)cc3)CC2CCN1c1ccc(OC(F)(F)F)cc1. The average Bonchev–Trinajstić information content (AvgIpc) is 3.14. The standard InChI is InChI=1S/C20H18F4N2O4S/c21-14-1-7-17(8-2-14)31(28,29)25-11-13-9-10-26(19(27)18(13)12-25)15-3-5-16(6-4-15)30-20(22,23)24/h1-8,13,18H,9-12H2. The van der Waals surface area contributed by atoms with Gasteiger partial charge in [-0.2, -0.15) is 4.31 Å². The summed E-state index contributed by atoms with van der Waals surface area (Å²) in [6.07, 6.45) is -4.26. The first-order valence-corrected chi connectivity index (χ1v) is 10.9. The van der Waals surface area contributed by atoms with Crippen molar-refractivity contribution >= 4 is 21.6 Å². The number of amides is 1. The largest absolute Gasteiger partial charge is 0.573 e. The number of anilines is 1. The highest BCUT2D eigenvalue weighted by Gasteiger charge is 2.46. The third-order valence-corrected chi connectivity index (χ3v) is 7.39. The molecule has 2 aliphatic heterocycles. The first kappa shape index (κ1) is 21.6. The van der Waals surface area contributed by atoms with E-state index in [0.29, 0.717) is 18.7 Å². The Kier molecular flexibility index (Phi) is 5.42. The molecule has 4 rings (SSSR count). The van der Waals surface area contributed by atoms with Crippen molar-refractivity contribution in [1.82, 2.24) is 4.31 Å². The quantitative estimate of drug-likeness (QED) is 0.659. The highest BCUT2D eigenvalue weighted by atomic mass is 32.2. The molecule has 0 radical (unpaired) electrons. The van der Waals surface area contributed by atoms with Gasteiger partial charge < -0.3 is 9.64 Å². The molecule has 2 fully saturated rings. The highest BCUT2D eigenvalue weighted by Crippen LogP contribution is 2.37. The second-order valence-electron chi connectivity index (χ2n) is 7.46. The summed E-state index contributed by atoms with van der Waals surface area (Å²) in [4.78, 5) is 14.4. The maximum absolute atomic E-state index is 13.1. The van der Waals surface area contributed by atoms with Gasteiger partial charge in [0.25, 0.3) is 0 Å². The average molecular weight is 458 g/mol. The first-order valence-electron chi connectivity index (χ1n) is 9.47. The Balaban J connectivity index is 1.49. The summed E-state index contributed by atoms with van der Waals surface area (Å²) in [7, 11) is -3.87. The summed E-state index contributed by atoms with van der Waals surface area (Å²) in [6.45, 7) is 0.501. The van der Waals surface area contributed by atoms with Crippen LogP contribution in [0.2, 0.25) is 0 Å². The van der Waals surface area contributed by atoms with E-state index in [1.54, 1.807) is 0 Å². The van der Waals surface area contributed by atoms with Crippen LogP contribution in [0.3, 0.4) is 0 Å². The Morgan fingerprint density at radius 3 is 2.23 bits per heavy atom. The fourth-order valence-corrected chi connectivity index (χ4v) is 5.57. The highest BCUT2D eigenvalue weighted by molar-refractivity contribution is 7.89. The topological polar surface area (TPSA) is 66.9 Å². The first-order chi connectivity index (χ1) is 14.5. The van der Waals surface area contributed by atoms with Crippen molar-refractivity contribution in [2.24, 2.45) is 11.8 Å². The van der Waals surface area contributed by atoms with Gasteiger partial charge in [-0.05, 0) is 60.9 Å². The molecule has 0 aromatic heterocycles. The molecule has 31 heavy (non-hydrogen) atoms. The van der Waals surface area contributed by atoms with Crippen molar-refractivity contribution < 1.29 is 35.5 Å². The zero-order valence-electron chi connectivity index (χ0n) is 16.0. The molecule has 2 atom stereocenters. The molecule has 11 heteroatoms. The van der Waals surface area contributed by atoms with Gasteiger partial charge in [-0.3, -0.25) is 4.79 Å². The van der Waals surface area contributed by atoms with Crippen LogP contribution in [0.5, 0.6) is 5.75 Å². The van der Waals surface area contributed by atoms with Crippen LogP contribution in [0.15, 0.2) is 53.4 Å². The number of hydrogen-bond donors (Lipinski definition) is 0. The number of fused-ring (bicyclic) bond motifs is 1. The fraction of sp³-hybridized carbons (Fsp3) is 0.350. The van der Waals surface area contributed by atoms with Crippen LogP contribution in [-0.2, 0) is 14.8 Å². The van der Waals surface area contributed by atoms with E-state index in [1.807, 2.05) is 0 Å². The van der Waals surface area contributed by atoms with Crippen LogP contribution in [0.25, 0.3) is 0 Å². The van der Waals surface area contributed by atoms with Gasteiger partial charge in [0.05, 0.1) is 10.8 Å². The van der Waals surface area contributed by atoms with E-state index < -0.39 is 33.9 Å². The molecule has 1 amide bonds. The number of rotatable bonds is 4. The third-order valence-electron chi connectivity index (χ3n) is 5.55. The van der Waals surface area contributed by atoms with E-state index in [2.05, 4.69) is 4.74 Å². The Morgan fingerprint density at radius 2 is 1.61 bits per heavy atom.